The molecule has 1 rings (SSSR count). The number of hydrogen-bond donors (Lipinski definition) is 2. The molecule has 18 heavy (non-hydrogen) atoms. The molecule has 1 unspecified atom stereocenters. The third-order valence-corrected chi connectivity index (χ3v) is 3.19. The number of hydrogen-bond acceptors (Lipinski definition) is 3. The Morgan fingerprint density at radius 3 is 2.78 bits per heavy atom. The van der Waals surface area contributed by atoms with Crippen molar-refractivity contribution in [2.75, 3.05) is 6.54 Å². The molecule has 0 bridgehead atoms. The summed E-state index contributed by atoms with van der Waals surface area (Å²) in [4.78, 5) is 16.3. The number of carbonyl (C=O) groups is 1. The van der Waals surface area contributed by atoms with Gasteiger partial charge in [0.2, 0.25) is 5.91 Å². The number of carbonyl (C=O) groups excluding carboxylic acids is 1. The molecular weight excluding hydrogens is 226 g/mol. The Labute approximate surface area is 109 Å². The fourth-order valence-corrected chi connectivity index (χ4v) is 1.94. The first kappa shape index (κ1) is 14.6. The van der Waals surface area contributed by atoms with Gasteiger partial charge in [-0.3, -0.25) is 9.78 Å². The summed E-state index contributed by atoms with van der Waals surface area (Å²) in [5.41, 5.74) is 7.73. The first-order chi connectivity index (χ1) is 8.60. The van der Waals surface area contributed by atoms with Crippen molar-refractivity contribution in [3.63, 3.8) is 0 Å². The summed E-state index contributed by atoms with van der Waals surface area (Å²) in [7, 11) is 0. The van der Waals surface area contributed by atoms with Crippen LogP contribution in [0.3, 0.4) is 0 Å². The smallest absolute Gasteiger partial charge is 0.224 e. The highest BCUT2D eigenvalue weighted by Gasteiger charge is 2.20. The van der Waals surface area contributed by atoms with Gasteiger partial charge < -0.3 is 11.1 Å². The zero-order valence-corrected chi connectivity index (χ0v) is 11.4. The molecule has 0 aliphatic rings. The quantitative estimate of drug-likeness (QED) is 0.802. The molecule has 1 aromatic heterocycles. The standard InChI is InChI=1S/C14H23N3O/c1-4-11-6-5-7-16-13(11)9-17-14(18)12(8-15)10(2)3/h5-7,10,12H,4,8-9,15H2,1-3H3,(H,17,18). The maximum Gasteiger partial charge on any atom is 0.224 e. The molecule has 0 fully saturated rings. The monoisotopic (exact) mass is 249 g/mol. The van der Waals surface area contributed by atoms with Gasteiger partial charge in [0.1, 0.15) is 0 Å². The van der Waals surface area contributed by atoms with Crippen LogP contribution in [0.2, 0.25) is 0 Å². The van der Waals surface area contributed by atoms with E-state index in [1.807, 2.05) is 26.0 Å². The van der Waals surface area contributed by atoms with Gasteiger partial charge in [0.05, 0.1) is 18.2 Å². The second-order valence-electron chi connectivity index (χ2n) is 4.77. The number of nitrogens with two attached hydrogens (primary N) is 1. The first-order valence-electron chi connectivity index (χ1n) is 6.50. The van der Waals surface area contributed by atoms with Crippen LogP contribution in [0.25, 0.3) is 0 Å². The Morgan fingerprint density at radius 1 is 1.50 bits per heavy atom. The van der Waals surface area contributed by atoms with E-state index >= 15 is 0 Å². The zero-order valence-electron chi connectivity index (χ0n) is 11.4. The van der Waals surface area contributed by atoms with E-state index in [0.29, 0.717) is 13.1 Å². The molecule has 0 radical (unpaired) electrons. The molecule has 0 aliphatic heterocycles. The minimum atomic E-state index is -0.126. The fourth-order valence-electron chi connectivity index (χ4n) is 1.94. The Morgan fingerprint density at radius 2 is 2.22 bits per heavy atom. The molecule has 100 valence electrons. The summed E-state index contributed by atoms with van der Waals surface area (Å²) in [5, 5.41) is 2.92. The topological polar surface area (TPSA) is 68.0 Å². The van der Waals surface area contributed by atoms with Crippen LogP contribution in [-0.2, 0) is 17.8 Å². The van der Waals surface area contributed by atoms with E-state index in [0.717, 1.165) is 12.1 Å². The molecule has 4 nitrogen and oxygen atoms in total. The van der Waals surface area contributed by atoms with Crippen molar-refractivity contribution in [3.05, 3.63) is 29.6 Å². The van der Waals surface area contributed by atoms with Crippen LogP contribution in [-0.4, -0.2) is 17.4 Å². The minimum absolute atomic E-state index is 0.0141. The molecule has 0 spiro atoms. The third kappa shape index (κ3) is 3.81. The minimum Gasteiger partial charge on any atom is -0.350 e. The second-order valence-corrected chi connectivity index (χ2v) is 4.77. The number of aryl methyl sites for hydroxylation is 1. The summed E-state index contributed by atoms with van der Waals surface area (Å²) < 4.78 is 0. The maximum absolute atomic E-state index is 12.0. The van der Waals surface area contributed by atoms with Crippen LogP contribution >= 0.6 is 0 Å². The van der Waals surface area contributed by atoms with Crippen molar-refractivity contribution in [1.29, 1.82) is 0 Å². The van der Waals surface area contributed by atoms with Gasteiger partial charge in [0.25, 0.3) is 0 Å². The van der Waals surface area contributed by atoms with Crippen molar-refractivity contribution < 1.29 is 4.79 Å². The van der Waals surface area contributed by atoms with E-state index in [1.165, 1.54) is 5.56 Å². The molecule has 1 atom stereocenters. The molecule has 3 N–H and O–H groups in total. The molecule has 0 aromatic carbocycles. The van der Waals surface area contributed by atoms with Crippen molar-refractivity contribution in [2.45, 2.75) is 33.7 Å². The van der Waals surface area contributed by atoms with Crippen molar-refractivity contribution >= 4 is 5.91 Å². The van der Waals surface area contributed by atoms with Crippen molar-refractivity contribution in [1.82, 2.24) is 10.3 Å². The van der Waals surface area contributed by atoms with E-state index < -0.39 is 0 Å². The summed E-state index contributed by atoms with van der Waals surface area (Å²) in [5.74, 6) is 0.142. The number of nitrogens with zero attached hydrogens (tertiary/aromatic N) is 1. The summed E-state index contributed by atoms with van der Waals surface area (Å²) in [6, 6.07) is 3.96. The Hall–Kier alpha value is -1.42. The van der Waals surface area contributed by atoms with Crippen LogP contribution in [0, 0.1) is 11.8 Å². The Bertz CT molecular complexity index is 390. The number of amides is 1. The van der Waals surface area contributed by atoms with E-state index in [4.69, 9.17) is 5.73 Å². The Balaban J connectivity index is 2.62. The number of nitrogens with one attached hydrogen (secondary N) is 1. The van der Waals surface area contributed by atoms with Crippen molar-refractivity contribution in [2.24, 2.45) is 17.6 Å². The van der Waals surface area contributed by atoms with Crippen molar-refractivity contribution in [3.8, 4) is 0 Å². The van der Waals surface area contributed by atoms with Crippen LogP contribution in [0.5, 0.6) is 0 Å². The van der Waals surface area contributed by atoms with Crippen LogP contribution in [0.4, 0.5) is 0 Å². The second kappa shape index (κ2) is 7.11. The average Bonchev–Trinajstić information content (AvgIpc) is 2.37. The van der Waals surface area contributed by atoms with Gasteiger partial charge in [-0.25, -0.2) is 0 Å². The Kier molecular flexibility index (Phi) is 5.78. The predicted molar refractivity (Wildman–Crippen MR) is 72.8 cm³/mol. The molecule has 0 saturated heterocycles. The molecule has 1 heterocycles. The van der Waals surface area contributed by atoms with Gasteiger partial charge in [-0.2, -0.15) is 0 Å². The molecule has 4 heteroatoms. The third-order valence-electron chi connectivity index (χ3n) is 3.19. The predicted octanol–water partition coefficient (Wildman–Crippen LogP) is 1.49. The SMILES string of the molecule is CCc1cccnc1CNC(=O)C(CN)C(C)C. The van der Waals surface area contributed by atoms with Crippen LogP contribution in [0.15, 0.2) is 18.3 Å². The highest BCUT2D eigenvalue weighted by molar-refractivity contribution is 5.79. The van der Waals surface area contributed by atoms with Crippen LogP contribution < -0.4 is 11.1 Å². The molecule has 1 amide bonds. The van der Waals surface area contributed by atoms with E-state index in [2.05, 4.69) is 17.2 Å². The van der Waals surface area contributed by atoms with Gasteiger partial charge in [-0.05, 0) is 24.0 Å². The van der Waals surface area contributed by atoms with Gasteiger partial charge in [0.15, 0.2) is 0 Å². The molecule has 0 saturated carbocycles. The largest absolute Gasteiger partial charge is 0.350 e. The average molecular weight is 249 g/mol. The normalized spacial score (nSPS) is 12.5. The number of pyridine rings is 1. The van der Waals surface area contributed by atoms with Gasteiger partial charge in [0, 0.05) is 12.7 Å². The lowest BCUT2D eigenvalue weighted by atomic mass is 9.95. The number of rotatable bonds is 6. The lowest BCUT2D eigenvalue weighted by Crippen LogP contribution is -2.37. The zero-order chi connectivity index (χ0) is 13.5. The highest BCUT2D eigenvalue weighted by Crippen LogP contribution is 2.10. The van der Waals surface area contributed by atoms with Crippen LogP contribution in [0.1, 0.15) is 32.0 Å². The fraction of sp³-hybridized carbons (Fsp3) is 0.571. The van der Waals surface area contributed by atoms with E-state index in [-0.39, 0.29) is 17.7 Å². The van der Waals surface area contributed by atoms with Gasteiger partial charge in [-0.1, -0.05) is 26.8 Å². The maximum atomic E-state index is 12.0. The lowest BCUT2D eigenvalue weighted by molar-refractivity contribution is -0.126. The summed E-state index contributed by atoms with van der Waals surface area (Å²) >= 11 is 0. The summed E-state index contributed by atoms with van der Waals surface area (Å²) in [6.07, 6.45) is 2.67. The first-order valence-corrected chi connectivity index (χ1v) is 6.50. The van der Waals surface area contributed by atoms with Gasteiger partial charge >= 0.3 is 0 Å². The molecule has 0 aliphatic carbocycles. The molecular formula is C14H23N3O. The van der Waals surface area contributed by atoms with Gasteiger partial charge in [-0.15, -0.1) is 0 Å². The van der Waals surface area contributed by atoms with E-state index in [1.54, 1.807) is 6.20 Å². The summed E-state index contributed by atoms with van der Waals surface area (Å²) in [6.45, 7) is 6.96. The molecule has 1 aromatic rings. The number of aromatic nitrogens is 1. The van der Waals surface area contributed by atoms with E-state index in [9.17, 15) is 4.79 Å². The lowest BCUT2D eigenvalue weighted by Gasteiger charge is -2.18. The highest BCUT2D eigenvalue weighted by atomic mass is 16.1.